The van der Waals surface area contributed by atoms with E-state index in [1.165, 1.54) is 11.2 Å². The molecular weight excluding hydrogens is 717 g/mol. The highest BCUT2D eigenvalue weighted by molar-refractivity contribution is 6.33. The fourth-order valence-corrected chi connectivity index (χ4v) is 6.82. The van der Waals surface area contributed by atoms with Crippen LogP contribution in [0.4, 0.5) is 18.9 Å². The third-order valence-corrected chi connectivity index (χ3v) is 9.83. The molecule has 1 aromatic heterocycles. The second kappa shape index (κ2) is 14.1. The lowest BCUT2D eigenvalue weighted by Crippen LogP contribution is -2.59. The number of alkyl halides is 3. The maximum Gasteiger partial charge on any atom is 0.416 e. The number of hydrogen-bond donors (Lipinski definition) is 1. The molecule has 0 spiro atoms. The van der Waals surface area contributed by atoms with Crippen LogP contribution in [0.25, 0.3) is 5.70 Å². The van der Waals surface area contributed by atoms with E-state index >= 15 is 0 Å². The number of piperazine rings is 1. The molecule has 1 N–H and O–H groups in total. The van der Waals surface area contributed by atoms with Gasteiger partial charge in [0.15, 0.2) is 11.5 Å². The van der Waals surface area contributed by atoms with Crippen LogP contribution in [0.3, 0.4) is 0 Å². The molecule has 17 heteroatoms. The number of hydrogen-bond acceptors (Lipinski definition) is 10. The molecule has 0 unspecified atom stereocenters. The van der Waals surface area contributed by atoms with Crippen molar-refractivity contribution in [2.75, 3.05) is 51.4 Å². The molecule has 53 heavy (non-hydrogen) atoms. The number of anilines is 1. The van der Waals surface area contributed by atoms with Crippen molar-refractivity contribution in [3.8, 4) is 11.5 Å². The molecule has 13 nitrogen and oxygen atoms in total. The number of carbonyl (C=O) groups is 3. The number of benzene rings is 2. The standard InChI is InChI=1S/C36H34ClF3N8O5/c1-4-27-32(45-11-13-46(14-12-45)33(50)31-20(2)21(3)41-18-42-31)34(51)47-10-9-25(22-5-8-28-29(15-22)53-19-52-28)44-35(47)48(27)17-30(49)43-26-7-6-23(16-24(26)37)36(38,39)40/h5-9,15-16,18H,4,10-14,17,19H2,1-3H3,(H,43,49). The summed E-state index contributed by atoms with van der Waals surface area (Å²) >= 11 is 6.17. The molecule has 3 aromatic rings. The lowest BCUT2D eigenvalue weighted by Gasteiger charge is -2.45. The van der Waals surface area contributed by atoms with E-state index in [9.17, 15) is 27.6 Å². The van der Waals surface area contributed by atoms with E-state index in [0.717, 1.165) is 18.2 Å². The molecule has 5 heterocycles. The first-order valence-electron chi connectivity index (χ1n) is 16.8. The van der Waals surface area contributed by atoms with Crippen molar-refractivity contribution < 1.29 is 37.0 Å². The normalized spacial score (nSPS) is 17.2. The van der Waals surface area contributed by atoms with Crippen molar-refractivity contribution in [3.63, 3.8) is 0 Å². The molecule has 2 aromatic carbocycles. The van der Waals surface area contributed by atoms with Gasteiger partial charge in [-0.25, -0.2) is 15.0 Å². The van der Waals surface area contributed by atoms with Crippen LogP contribution in [-0.2, 0) is 15.8 Å². The number of fused-ring (bicyclic) bond motifs is 2. The van der Waals surface area contributed by atoms with Crippen LogP contribution in [0, 0.1) is 13.8 Å². The van der Waals surface area contributed by atoms with Crippen molar-refractivity contribution in [2.24, 2.45) is 4.99 Å². The minimum Gasteiger partial charge on any atom is -0.454 e. The SMILES string of the molecule is CCC1=C(N2CCN(C(=O)c3ncnc(C)c3C)CC2)C(=O)N2CC=C(c3ccc4c(c3)OCO4)N=C2N1CC(=O)Nc1ccc(C(F)(F)F)cc1Cl. The Kier molecular flexibility index (Phi) is 9.49. The first kappa shape index (κ1) is 35.7. The molecule has 0 aliphatic carbocycles. The van der Waals surface area contributed by atoms with Gasteiger partial charge in [0, 0.05) is 49.5 Å². The number of aryl methyl sites for hydroxylation is 1. The topological polar surface area (TPSA) is 133 Å². The van der Waals surface area contributed by atoms with Gasteiger partial charge in [-0.3, -0.25) is 19.3 Å². The van der Waals surface area contributed by atoms with Gasteiger partial charge in [0.2, 0.25) is 18.7 Å². The van der Waals surface area contributed by atoms with Crippen LogP contribution < -0.4 is 14.8 Å². The number of amides is 3. The summed E-state index contributed by atoms with van der Waals surface area (Å²) < 4.78 is 50.8. The monoisotopic (exact) mass is 750 g/mol. The van der Waals surface area contributed by atoms with Crippen molar-refractivity contribution in [3.05, 3.63) is 93.3 Å². The number of aromatic nitrogens is 2. The lowest BCUT2D eigenvalue weighted by atomic mass is 10.1. The quantitative estimate of drug-likeness (QED) is 0.352. The molecule has 1 fully saturated rings. The second-order valence-corrected chi connectivity index (χ2v) is 13.1. The van der Waals surface area contributed by atoms with E-state index in [0.29, 0.717) is 83.7 Å². The van der Waals surface area contributed by atoms with E-state index in [2.05, 4.69) is 15.3 Å². The van der Waals surface area contributed by atoms with Crippen LogP contribution in [0.5, 0.6) is 11.5 Å². The van der Waals surface area contributed by atoms with E-state index in [1.54, 1.807) is 34.9 Å². The molecular formula is C36H34ClF3N8O5. The molecule has 4 aliphatic heterocycles. The summed E-state index contributed by atoms with van der Waals surface area (Å²) in [6.45, 7) is 6.66. The number of aliphatic imine (C=N–C) groups is 1. The molecule has 1 saturated heterocycles. The Morgan fingerprint density at radius 3 is 2.47 bits per heavy atom. The number of carbonyl (C=O) groups excluding carboxylic acids is 3. The zero-order valence-corrected chi connectivity index (χ0v) is 29.7. The highest BCUT2D eigenvalue weighted by Crippen LogP contribution is 2.38. The second-order valence-electron chi connectivity index (χ2n) is 12.7. The van der Waals surface area contributed by atoms with Crippen LogP contribution in [0.1, 0.15) is 46.2 Å². The Labute approximate surface area is 307 Å². The van der Waals surface area contributed by atoms with Crippen LogP contribution in [-0.4, -0.2) is 99.3 Å². The van der Waals surface area contributed by atoms with Gasteiger partial charge in [0.1, 0.15) is 24.3 Å². The smallest absolute Gasteiger partial charge is 0.416 e. The summed E-state index contributed by atoms with van der Waals surface area (Å²) in [6, 6.07) is 8.06. The molecule has 7 rings (SSSR count). The fourth-order valence-electron chi connectivity index (χ4n) is 6.60. The summed E-state index contributed by atoms with van der Waals surface area (Å²) in [6.07, 6.45) is -1.12. The summed E-state index contributed by atoms with van der Waals surface area (Å²) in [5.74, 6) is 0.221. The highest BCUT2D eigenvalue weighted by Gasteiger charge is 2.42. The Bertz CT molecular complexity index is 2110. The third-order valence-electron chi connectivity index (χ3n) is 9.51. The predicted octanol–water partition coefficient (Wildman–Crippen LogP) is 5.07. The number of nitrogens with one attached hydrogen (secondary N) is 1. The lowest BCUT2D eigenvalue weighted by molar-refractivity contribution is -0.137. The summed E-state index contributed by atoms with van der Waals surface area (Å²) in [7, 11) is 0. The first-order chi connectivity index (χ1) is 25.3. The number of rotatable bonds is 7. The Balaban J connectivity index is 1.20. The van der Waals surface area contributed by atoms with Crippen molar-refractivity contribution in [1.29, 1.82) is 0 Å². The molecule has 0 saturated carbocycles. The average molecular weight is 751 g/mol. The molecule has 0 bridgehead atoms. The Hall–Kier alpha value is -5.64. The summed E-state index contributed by atoms with van der Waals surface area (Å²) in [4.78, 5) is 61.5. The van der Waals surface area contributed by atoms with Gasteiger partial charge < -0.3 is 29.5 Å². The number of allylic oxidation sites excluding steroid dienone is 1. The minimum atomic E-state index is -4.61. The molecule has 4 aliphatic rings. The van der Waals surface area contributed by atoms with Gasteiger partial charge in [-0.15, -0.1) is 0 Å². The van der Waals surface area contributed by atoms with E-state index in [4.69, 9.17) is 26.1 Å². The minimum absolute atomic E-state index is 0.00158. The largest absolute Gasteiger partial charge is 0.454 e. The molecule has 276 valence electrons. The maximum atomic E-state index is 14.4. The van der Waals surface area contributed by atoms with Gasteiger partial charge in [-0.1, -0.05) is 18.5 Å². The van der Waals surface area contributed by atoms with Crippen molar-refractivity contribution >= 4 is 46.7 Å². The summed E-state index contributed by atoms with van der Waals surface area (Å²) in [5, 5.41) is 2.34. The number of halogens is 4. The molecule has 3 amide bonds. The van der Waals surface area contributed by atoms with E-state index in [-0.39, 0.29) is 48.4 Å². The number of guanidine groups is 1. The molecule has 0 radical (unpaired) electrons. The average Bonchev–Trinajstić information content (AvgIpc) is 3.62. The Morgan fingerprint density at radius 2 is 1.75 bits per heavy atom. The van der Waals surface area contributed by atoms with Gasteiger partial charge in [-0.05, 0) is 62.7 Å². The number of ether oxygens (including phenoxy) is 2. The van der Waals surface area contributed by atoms with Crippen LogP contribution >= 0.6 is 11.6 Å². The van der Waals surface area contributed by atoms with Gasteiger partial charge in [-0.2, -0.15) is 13.2 Å². The maximum absolute atomic E-state index is 14.4. The highest BCUT2D eigenvalue weighted by atomic mass is 35.5. The first-order valence-corrected chi connectivity index (χ1v) is 17.2. The van der Waals surface area contributed by atoms with Crippen molar-refractivity contribution in [1.82, 2.24) is 29.6 Å². The Morgan fingerprint density at radius 1 is 1.00 bits per heavy atom. The van der Waals surface area contributed by atoms with Crippen LogP contribution in [0.15, 0.2) is 65.2 Å². The van der Waals surface area contributed by atoms with Crippen molar-refractivity contribution in [2.45, 2.75) is 33.4 Å². The van der Waals surface area contributed by atoms with Gasteiger partial charge in [0.05, 0.1) is 27.7 Å². The zero-order valence-electron chi connectivity index (χ0n) is 29.0. The fraction of sp³-hybridized carbons (Fsp3) is 0.333. The van der Waals surface area contributed by atoms with E-state index in [1.807, 2.05) is 24.8 Å². The molecule has 0 atom stereocenters. The third kappa shape index (κ3) is 6.86. The predicted molar refractivity (Wildman–Crippen MR) is 188 cm³/mol. The zero-order chi connectivity index (χ0) is 37.6. The van der Waals surface area contributed by atoms with Crippen LogP contribution in [0.2, 0.25) is 5.02 Å². The van der Waals surface area contributed by atoms with E-state index < -0.39 is 17.6 Å². The van der Waals surface area contributed by atoms with Gasteiger partial charge in [0.25, 0.3) is 11.8 Å². The van der Waals surface area contributed by atoms with Gasteiger partial charge >= 0.3 is 6.18 Å². The summed E-state index contributed by atoms with van der Waals surface area (Å²) in [5.41, 5.74) is 2.94. The number of nitrogens with zero attached hydrogens (tertiary/aromatic N) is 7.